The van der Waals surface area contributed by atoms with Crippen molar-refractivity contribution in [2.24, 2.45) is 0 Å². The molecule has 1 amide bonds. The Hall–Kier alpha value is -2.41. The van der Waals surface area contributed by atoms with E-state index in [4.69, 9.17) is 4.74 Å². The predicted octanol–water partition coefficient (Wildman–Crippen LogP) is 4.05. The van der Waals surface area contributed by atoms with Crippen LogP contribution in [0.1, 0.15) is 37.6 Å². The molecular weight excluding hydrogens is 381 g/mol. The van der Waals surface area contributed by atoms with Crippen molar-refractivity contribution in [2.45, 2.75) is 37.2 Å². The SMILES string of the molecule is CC(C)(C)S(=O)(=O)C1CCN(C(=O)c2cccc(Oc3ccc(F)cc3)c2)C1. The number of halogens is 1. The molecule has 1 aliphatic rings. The number of hydrogen-bond donors (Lipinski definition) is 0. The molecule has 2 aromatic carbocycles. The molecule has 0 N–H and O–H groups in total. The molecule has 0 bridgehead atoms. The van der Waals surface area contributed by atoms with Gasteiger partial charge in [-0.25, -0.2) is 12.8 Å². The zero-order valence-corrected chi connectivity index (χ0v) is 17.0. The van der Waals surface area contributed by atoms with Crippen molar-refractivity contribution in [1.82, 2.24) is 4.90 Å². The van der Waals surface area contributed by atoms with Crippen LogP contribution in [-0.4, -0.2) is 42.3 Å². The summed E-state index contributed by atoms with van der Waals surface area (Å²) in [7, 11) is -3.33. The molecule has 1 unspecified atom stereocenters. The Bertz CT molecular complexity index is 965. The van der Waals surface area contributed by atoms with Crippen molar-refractivity contribution >= 4 is 15.7 Å². The Kier molecular flexibility index (Phi) is 5.48. The van der Waals surface area contributed by atoms with Crippen LogP contribution in [0, 0.1) is 5.82 Å². The van der Waals surface area contributed by atoms with E-state index in [0.717, 1.165) is 0 Å². The van der Waals surface area contributed by atoms with Gasteiger partial charge < -0.3 is 9.64 Å². The highest BCUT2D eigenvalue weighted by Gasteiger charge is 2.41. The molecule has 28 heavy (non-hydrogen) atoms. The highest BCUT2D eigenvalue weighted by Crippen LogP contribution is 2.29. The minimum absolute atomic E-state index is 0.196. The number of likely N-dealkylation sites (tertiary alicyclic amines) is 1. The van der Waals surface area contributed by atoms with Gasteiger partial charge >= 0.3 is 0 Å². The number of sulfone groups is 1. The Morgan fingerprint density at radius 2 is 1.79 bits per heavy atom. The average Bonchev–Trinajstić information content (AvgIpc) is 3.13. The molecule has 1 saturated heterocycles. The minimum Gasteiger partial charge on any atom is -0.457 e. The molecule has 1 fully saturated rings. The molecule has 1 atom stereocenters. The van der Waals surface area contributed by atoms with Crippen molar-refractivity contribution in [3.05, 3.63) is 59.9 Å². The molecule has 1 heterocycles. The first kappa shape index (κ1) is 20.3. The van der Waals surface area contributed by atoms with Gasteiger partial charge in [0, 0.05) is 18.7 Å². The van der Waals surface area contributed by atoms with Crippen molar-refractivity contribution in [2.75, 3.05) is 13.1 Å². The van der Waals surface area contributed by atoms with Crippen LogP contribution < -0.4 is 4.74 Å². The Morgan fingerprint density at radius 1 is 1.11 bits per heavy atom. The van der Waals surface area contributed by atoms with Gasteiger partial charge in [-0.05, 0) is 69.7 Å². The second-order valence-electron chi connectivity index (χ2n) is 7.90. The maximum absolute atomic E-state index is 13.0. The maximum Gasteiger partial charge on any atom is 0.254 e. The summed E-state index contributed by atoms with van der Waals surface area (Å²) in [6.45, 7) is 5.65. The summed E-state index contributed by atoms with van der Waals surface area (Å²) in [6.07, 6.45) is 0.442. The number of hydrogen-bond acceptors (Lipinski definition) is 4. The topological polar surface area (TPSA) is 63.7 Å². The van der Waals surface area contributed by atoms with Crippen LogP contribution >= 0.6 is 0 Å². The first-order valence-electron chi connectivity index (χ1n) is 9.14. The fourth-order valence-corrected chi connectivity index (χ4v) is 4.97. The highest BCUT2D eigenvalue weighted by atomic mass is 32.2. The number of ether oxygens (including phenoxy) is 1. The van der Waals surface area contributed by atoms with Gasteiger partial charge in [0.1, 0.15) is 17.3 Å². The largest absolute Gasteiger partial charge is 0.457 e. The Labute approximate surface area is 165 Å². The molecule has 0 radical (unpaired) electrons. The smallest absolute Gasteiger partial charge is 0.254 e. The van der Waals surface area contributed by atoms with E-state index in [1.807, 2.05) is 0 Å². The lowest BCUT2D eigenvalue weighted by Gasteiger charge is -2.24. The lowest BCUT2D eigenvalue weighted by Crippen LogP contribution is -2.39. The lowest BCUT2D eigenvalue weighted by atomic mass is 10.2. The van der Waals surface area contributed by atoms with Crippen LogP contribution in [0.4, 0.5) is 4.39 Å². The van der Waals surface area contributed by atoms with E-state index in [1.165, 1.54) is 24.3 Å². The van der Waals surface area contributed by atoms with Gasteiger partial charge in [-0.2, -0.15) is 0 Å². The third-order valence-electron chi connectivity index (χ3n) is 4.85. The molecule has 0 aliphatic carbocycles. The van der Waals surface area contributed by atoms with E-state index < -0.39 is 19.8 Å². The molecule has 0 saturated carbocycles. The normalized spacial score (nSPS) is 17.6. The van der Waals surface area contributed by atoms with Gasteiger partial charge in [0.25, 0.3) is 5.91 Å². The zero-order chi connectivity index (χ0) is 20.5. The van der Waals surface area contributed by atoms with Gasteiger partial charge in [-0.3, -0.25) is 4.79 Å². The number of benzene rings is 2. The summed E-state index contributed by atoms with van der Waals surface area (Å²) in [6, 6.07) is 12.3. The number of carbonyl (C=O) groups is 1. The summed E-state index contributed by atoms with van der Waals surface area (Å²) in [5.74, 6) is 0.334. The molecule has 2 aromatic rings. The van der Waals surface area contributed by atoms with Crippen LogP contribution in [0.2, 0.25) is 0 Å². The summed E-state index contributed by atoms with van der Waals surface area (Å²) < 4.78 is 43.1. The second-order valence-corrected chi connectivity index (χ2v) is 10.9. The summed E-state index contributed by atoms with van der Waals surface area (Å²) in [5.41, 5.74) is 0.424. The monoisotopic (exact) mass is 405 g/mol. The van der Waals surface area contributed by atoms with Crippen molar-refractivity contribution in [3.63, 3.8) is 0 Å². The lowest BCUT2D eigenvalue weighted by molar-refractivity contribution is 0.0792. The van der Waals surface area contributed by atoms with Gasteiger partial charge in [0.05, 0.1) is 10.00 Å². The van der Waals surface area contributed by atoms with Crippen molar-refractivity contribution < 1.29 is 22.3 Å². The molecule has 150 valence electrons. The van der Waals surface area contributed by atoms with Crippen molar-refractivity contribution in [1.29, 1.82) is 0 Å². The highest BCUT2D eigenvalue weighted by molar-refractivity contribution is 7.93. The molecular formula is C21H24FNO4S. The third kappa shape index (κ3) is 4.19. The van der Waals surface area contributed by atoms with E-state index in [9.17, 15) is 17.6 Å². The molecule has 5 nitrogen and oxygen atoms in total. The first-order chi connectivity index (χ1) is 13.1. The summed E-state index contributed by atoms with van der Waals surface area (Å²) in [5, 5.41) is -0.546. The van der Waals surface area contributed by atoms with Gasteiger partial charge in [0.15, 0.2) is 9.84 Å². The summed E-state index contributed by atoms with van der Waals surface area (Å²) >= 11 is 0. The van der Waals surface area contributed by atoms with Gasteiger partial charge in [0.2, 0.25) is 0 Å². The van der Waals surface area contributed by atoms with E-state index in [-0.39, 0.29) is 18.3 Å². The van der Waals surface area contributed by atoms with Crippen LogP contribution in [-0.2, 0) is 9.84 Å². The molecule has 7 heteroatoms. The van der Waals surface area contributed by atoms with Gasteiger partial charge in [-0.15, -0.1) is 0 Å². The van der Waals surface area contributed by atoms with E-state index in [2.05, 4.69) is 0 Å². The quantitative estimate of drug-likeness (QED) is 0.770. The molecule has 1 aliphatic heterocycles. The second kappa shape index (κ2) is 7.54. The van der Waals surface area contributed by atoms with Crippen molar-refractivity contribution in [3.8, 4) is 11.5 Å². The van der Waals surface area contributed by atoms with Crippen LogP contribution in [0.15, 0.2) is 48.5 Å². The van der Waals surface area contributed by atoms with Crippen LogP contribution in [0.3, 0.4) is 0 Å². The zero-order valence-electron chi connectivity index (χ0n) is 16.2. The number of amides is 1. The minimum atomic E-state index is -3.33. The number of carbonyl (C=O) groups excluding carboxylic acids is 1. The van der Waals surface area contributed by atoms with Gasteiger partial charge in [-0.1, -0.05) is 6.07 Å². The number of nitrogens with zero attached hydrogens (tertiary/aromatic N) is 1. The van der Waals surface area contributed by atoms with E-state index >= 15 is 0 Å². The van der Waals surface area contributed by atoms with Crippen LogP contribution in [0.5, 0.6) is 11.5 Å². The Morgan fingerprint density at radius 3 is 2.43 bits per heavy atom. The fraction of sp³-hybridized carbons (Fsp3) is 0.381. The maximum atomic E-state index is 13.0. The summed E-state index contributed by atoms with van der Waals surface area (Å²) in [4.78, 5) is 14.4. The Balaban J connectivity index is 1.72. The fourth-order valence-electron chi connectivity index (χ4n) is 3.18. The number of rotatable bonds is 4. The molecule has 0 spiro atoms. The standard InChI is InChI=1S/C21H24FNO4S/c1-21(2,3)28(25,26)19-11-12-23(14-19)20(24)15-5-4-6-18(13-15)27-17-9-7-16(22)8-10-17/h4-10,13,19H,11-12,14H2,1-3H3. The van der Waals surface area contributed by atoms with E-state index in [1.54, 1.807) is 49.9 Å². The molecule has 0 aromatic heterocycles. The average molecular weight is 405 g/mol. The van der Waals surface area contributed by atoms with Crippen LogP contribution in [0.25, 0.3) is 0 Å². The van der Waals surface area contributed by atoms with E-state index in [0.29, 0.717) is 30.0 Å². The third-order valence-corrected chi connectivity index (χ3v) is 7.82. The molecule has 3 rings (SSSR count). The first-order valence-corrected chi connectivity index (χ1v) is 10.7. The predicted molar refractivity (Wildman–Crippen MR) is 106 cm³/mol.